The van der Waals surface area contributed by atoms with E-state index in [2.05, 4.69) is 0 Å². The van der Waals surface area contributed by atoms with Crippen molar-refractivity contribution in [3.05, 3.63) is 0 Å². The van der Waals surface area contributed by atoms with Gasteiger partial charge in [-0.05, 0) is 6.92 Å². The van der Waals surface area contributed by atoms with Gasteiger partial charge in [-0.25, -0.2) is 0 Å². The molecule has 0 spiro atoms. The van der Waals surface area contributed by atoms with Crippen LogP contribution in [0.25, 0.3) is 0 Å². The van der Waals surface area contributed by atoms with E-state index in [4.69, 9.17) is 4.55 Å². The topological polar surface area (TPSA) is 54.4 Å². The SMILES string of the molecule is CCS(=O)(=O)O.[Bi]. The zero-order valence-corrected chi connectivity index (χ0v) is 8.12. The largest absolute Gasteiger partial charge is 0.286 e. The molecule has 0 aromatic rings. The number of rotatable bonds is 1. The molecule has 0 aromatic carbocycles. The molecule has 0 fully saturated rings. The number of hydrogen-bond donors (Lipinski definition) is 1. The van der Waals surface area contributed by atoms with E-state index < -0.39 is 10.1 Å². The summed E-state index contributed by atoms with van der Waals surface area (Å²) in [5.41, 5.74) is 0. The van der Waals surface area contributed by atoms with Gasteiger partial charge in [0.1, 0.15) is 0 Å². The van der Waals surface area contributed by atoms with E-state index in [1.165, 1.54) is 6.92 Å². The third-order valence-corrected chi connectivity index (χ3v) is 1.09. The summed E-state index contributed by atoms with van der Waals surface area (Å²) >= 11 is 0. The predicted octanol–water partition coefficient (Wildman–Crippen LogP) is -0.487. The van der Waals surface area contributed by atoms with Crippen LogP contribution in [-0.2, 0) is 10.1 Å². The van der Waals surface area contributed by atoms with Gasteiger partial charge in [-0.1, -0.05) is 0 Å². The maximum Gasteiger partial charge on any atom is 0.264 e. The molecular weight excluding hydrogens is 313 g/mol. The Morgan fingerprint density at radius 1 is 1.57 bits per heavy atom. The molecule has 0 atom stereocenters. The first-order chi connectivity index (χ1) is 2.56. The summed E-state index contributed by atoms with van der Waals surface area (Å²) in [5.74, 6) is -0.201. The van der Waals surface area contributed by atoms with Crippen molar-refractivity contribution >= 4 is 36.3 Å². The predicted molar refractivity (Wildman–Crippen MR) is 27.8 cm³/mol. The van der Waals surface area contributed by atoms with Crippen molar-refractivity contribution in [2.45, 2.75) is 6.92 Å². The van der Waals surface area contributed by atoms with Crippen molar-refractivity contribution in [3.8, 4) is 0 Å². The van der Waals surface area contributed by atoms with E-state index in [-0.39, 0.29) is 32.0 Å². The van der Waals surface area contributed by atoms with Gasteiger partial charge < -0.3 is 0 Å². The van der Waals surface area contributed by atoms with E-state index in [1.807, 2.05) is 0 Å². The average Bonchev–Trinajstić information content (AvgIpc) is 1.35. The molecule has 43 valence electrons. The molecule has 7 heavy (non-hydrogen) atoms. The minimum atomic E-state index is -3.66. The first-order valence-electron chi connectivity index (χ1n) is 1.51. The Morgan fingerprint density at radius 2 is 1.71 bits per heavy atom. The first-order valence-corrected chi connectivity index (χ1v) is 3.12. The average molecular weight is 319 g/mol. The van der Waals surface area contributed by atoms with Crippen molar-refractivity contribution in [2.24, 2.45) is 0 Å². The van der Waals surface area contributed by atoms with Gasteiger partial charge >= 0.3 is 0 Å². The van der Waals surface area contributed by atoms with E-state index in [0.717, 1.165) is 0 Å². The van der Waals surface area contributed by atoms with Crippen LogP contribution >= 0.6 is 0 Å². The molecule has 0 rings (SSSR count). The van der Waals surface area contributed by atoms with Gasteiger partial charge in [0.25, 0.3) is 10.1 Å². The van der Waals surface area contributed by atoms with Crippen LogP contribution in [0.15, 0.2) is 0 Å². The van der Waals surface area contributed by atoms with Gasteiger partial charge in [0, 0.05) is 26.2 Å². The maximum absolute atomic E-state index is 9.56. The Balaban J connectivity index is 0. The molecule has 0 saturated carbocycles. The zero-order chi connectivity index (χ0) is 5.21. The first kappa shape index (κ1) is 10.7. The second-order valence-electron chi connectivity index (χ2n) is 0.871. The minimum absolute atomic E-state index is 0. The molecule has 0 aromatic heterocycles. The second kappa shape index (κ2) is 3.75. The summed E-state index contributed by atoms with van der Waals surface area (Å²) < 4.78 is 26.9. The van der Waals surface area contributed by atoms with Crippen molar-refractivity contribution in [1.29, 1.82) is 0 Å². The van der Waals surface area contributed by atoms with Gasteiger partial charge in [0.15, 0.2) is 0 Å². The van der Waals surface area contributed by atoms with Crippen LogP contribution in [0.4, 0.5) is 0 Å². The van der Waals surface area contributed by atoms with Crippen LogP contribution in [-0.4, -0.2) is 44.9 Å². The molecule has 0 aliphatic heterocycles. The van der Waals surface area contributed by atoms with Crippen LogP contribution in [0.3, 0.4) is 0 Å². The molecule has 0 heterocycles. The fourth-order valence-corrected chi connectivity index (χ4v) is 0. The molecule has 5 heteroatoms. The van der Waals surface area contributed by atoms with Gasteiger partial charge in [0.2, 0.25) is 0 Å². The fraction of sp³-hybridized carbons (Fsp3) is 1.00. The van der Waals surface area contributed by atoms with Gasteiger partial charge in [-0.2, -0.15) is 8.42 Å². The maximum atomic E-state index is 9.56. The molecule has 0 aliphatic carbocycles. The third kappa shape index (κ3) is 10.8. The fourth-order valence-electron chi connectivity index (χ4n) is 0. The van der Waals surface area contributed by atoms with Crippen molar-refractivity contribution in [2.75, 3.05) is 5.75 Å². The van der Waals surface area contributed by atoms with E-state index in [0.29, 0.717) is 0 Å². The van der Waals surface area contributed by atoms with Crippen LogP contribution in [0.2, 0.25) is 0 Å². The van der Waals surface area contributed by atoms with Gasteiger partial charge in [-0.15, -0.1) is 0 Å². The molecule has 0 amide bonds. The van der Waals surface area contributed by atoms with E-state index >= 15 is 0 Å². The summed E-state index contributed by atoms with van der Waals surface area (Å²) in [6.45, 7) is 1.37. The molecule has 0 saturated heterocycles. The van der Waals surface area contributed by atoms with Crippen molar-refractivity contribution in [3.63, 3.8) is 0 Å². The van der Waals surface area contributed by atoms with Crippen LogP contribution in [0, 0.1) is 0 Å². The Hall–Kier alpha value is 0.793. The molecule has 1 N–H and O–H groups in total. The Morgan fingerprint density at radius 3 is 1.71 bits per heavy atom. The molecule has 0 aliphatic rings. The normalized spacial score (nSPS) is 10.0. The minimum Gasteiger partial charge on any atom is -0.286 e. The van der Waals surface area contributed by atoms with E-state index in [9.17, 15) is 8.42 Å². The quantitative estimate of drug-likeness (QED) is 0.524. The van der Waals surface area contributed by atoms with Crippen LogP contribution < -0.4 is 0 Å². The zero-order valence-electron chi connectivity index (χ0n) is 3.83. The molecular formula is C2H6BiO3S. The summed E-state index contributed by atoms with van der Waals surface area (Å²) in [7, 11) is -3.66. The van der Waals surface area contributed by atoms with Crippen LogP contribution in [0.5, 0.6) is 0 Å². The van der Waals surface area contributed by atoms with Crippen molar-refractivity contribution in [1.82, 2.24) is 0 Å². The molecule has 3 radical (unpaired) electrons. The summed E-state index contributed by atoms with van der Waals surface area (Å²) in [5, 5.41) is 0. The second-order valence-corrected chi connectivity index (χ2v) is 2.61. The Labute approximate surface area is 62.0 Å². The van der Waals surface area contributed by atoms with Gasteiger partial charge in [0.05, 0.1) is 5.75 Å². The third-order valence-electron chi connectivity index (χ3n) is 0.365. The molecule has 3 nitrogen and oxygen atoms in total. The monoisotopic (exact) mass is 319 g/mol. The standard InChI is InChI=1S/C2H6O3S.Bi/c1-2-6(3,4)5;/h2H2,1H3,(H,3,4,5);. The van der Waals surface area contributed by atoms with Gasteiger partial charge in [-0.3, -0.25) is 4.55 Å². The van der Waals surface area contributed by atoms with E-state index in [1.54, 1.807) is 0 Å². The van der Waals surface area contributed by atoms with Crippen molar-refractivity contribution < 1.29 is 13.0 Å². The molecule has 0 bridgehead atoms. The smallest absolute Gasteiger partial charge is 0.264 e. The van der Waals surface area contributed by atoms with Crippen LogP contribution in [0.1, 0.15) is 6.92 Å². The Kier molecular flexibility index (Phi) is 5.75. The Bertz CT molecular complexity index is 115. The molecule has 0 unspecified atom stereocenters. The summed E-state index contributed by atoms with van der Waals surface area (Å²) in [6.07, 6.45) is 0. The number of hydrogen-bond acceptors (Lipinski definition) is 2. The summed E-state index contributed by atoms with van der Waals surface area (Å²) in [4.78, 5) is 0. The summed E-state index contributed by atoms with van der Waals surface area (Å²) in [6, 6.07) is 0.